The van der Waals surface area contributed by atoms with Gasteiger partial charge < -0.3 is 20.7 Å². The summed E-state index contributed by atoms with van der Waals surface area (Å²) < 4.78 is 5.73. The quantitative estimate of drug-likeness (QED) is 0.669. The van der Waals surface area contributed by atoms with Crippen LogP contribution < -0.4 is 20.7 Å². The van der Waals surface area contributed by atoms with Crippen molar-refractivity contribution in [1.29, 1.82) is 0 Å². The molecule has 28 heavy (non-hydrogen) atoms. The Balaban J connectivity index is 1.58. The number of amides is 2. The molecule has 1 aliphatic heterocycles. The van der Waals surface area contributed by atoms with Gasteiger partial charge in [0.25, 0.3) is 5.91 Å². The van der Waals surface area contributed by atoms with Crippen LogP contribution in [0.1, 0.15) is 27.8 Å². The number of benzene rings is 2. The number of hydrogen-bond acceptors (Lipinski definition) is 6. The monoisotopic (exact) mass is 394 g/mol. The number of hydrogen-bond donors (Lipinski definition) is 2. The normalized spacial score (nSPS) is 15.6. The highest BCUT2D eigenvalue weighted by atomic mass is 32.1. The number of primary amides is 1. The number of nitrogens with two attached hydrogens (primary N) is 1. The van der Waals surface area contributed by atoms with E-state index in [1.807, 2.05) is 41.8 Å². The number of aromatic nitrogens is 1. The molecule has 1 aromatic heterocycles. The molecule has 0 saturated carbocycles. The molecule has 0 spiro atoms. The molecule has 3 N–H and O–H groups in total. The van der Waals surface area contributed by atoms with Crippen LogP contribution in [0.2, 0.25) is 0 Å². The van der Waals surface area contributed by atoms with E-state index in [2.05, 4.69) is 10.3 Å². The molecule has 7 nitrogen and oxygen atoms in total. The number of nitrogens with zero attached hydrogens (tertiary/aromatic N) is 2. The lowest BCUT2D eigenvalue weighted by molar-refractivity contribution is -0.116. The van der Waals surface area contributed by atoms with Crippen LogP contribution in [-0.2, 0) is 11.4 Å². The lowest BCUT2D eigenvalue weighted by Crippen LogP contribution is -2.49. The van der Waals surface area contributed by atoms with Gasteiger partial charge in [0.1, 0.15) is 18.5 Å². The minimum atomic E-state index is -0.498. The molecular weight excluding hydrogens is 376 g/mol. The van der Waals surface area contributed by atoms with Gasteiger partial charge in [0.05, 0.1) is 29.0 Å². The lowest BCUT2D eigenvalue weighted by Gasteiger charge is -2.38. The summed E-state index contributed by atoms with van der Waals surface area (Å²) in [7, 11) is 0. The van der Waals surface area contributed by atoms with Crippen LogP contribution in [0.25, 0.3) is 0 Å². The largest absolute Gasteiger partial charge is 0.487 e. The number of fused-ring (bicyclic) bond motifs is 1. The second-order valence-electron chi connectivity index (χ2n) is 6.32. The van der Waals surface area contributed by atoms with Gasteiger partial charge in [0.2, 0.25) is 5.91 Å². The molecule has 8 heteroatoms. The van der Waals surface area contributed by atoms with Crippen molar-refractivity contribution >= 4 is 28.8 Å². The molecule has 0 radical (unpaired) electrons. The number of rotatable bonds is 6. The molecule has 0 saturated heterocycles. The van der Waals surface area contributed by atoms with Crippen molar-refractivity contribution in [2.24, 2.45) is 5.73 Å². The first-order valence-electron chi connectivity index (χ1n) is 8.66. The Hall–Kier alpha value is -3.39. The van der Waals surface area contributed by atoms with Gasteiger partial charge in [0.15, 0.2) is 0 Å². The van der Waals surface area contributed by atoms with Crippen LogP contribution in [0.15, 0.2) is 59.4 Å². The predicted molar refractivity (Wildman–Crippen MR) is 106 cm³/mol. The summed E-state index contributed by atoms with van der Waals surface area (Å²) in [4.78, 5) is 30.1. The van der Waals surface area contributed by atoms with Gasteiger partial charge in [-0.2, -0.15) is 0 Å². The summed E-state index contributed by atoms with van der Waals surface area (Å²) in [6.07, 6.45) is -0.498. The average Bonchev–Trinajstić information content (AvgIpc) is 3.22. The zero-order valence-corrected chi connectivity index (χ0v) is 15.7. The van der Waals surface area contributed by atoms with Crippen LogP contribution in [0.5, 0.6) is 5.75 Å². The van der Waals surface area contributed by atoms with Crippen LogP contribution >= 0.6 is 11.3 Å². The predicted octanol–water partition coefficient (Wildman–Crippen LogP) is 2.46. The molecule has 0 aliphatic carbocycles. The van der Waals surface area contributed by atoms with Crippen molar-refractivity contribution in [1.82, 2.24) is 10.3 Å². The molecule has 142 valence electrons. The maximum Gasteiger partial charge on any atom is 0.255 e. The fraction of sp³-hybridized carbons (Fsp3) is 0.150. The Labute approximate surface area is 165 Å². The van der Waals surface area contributed by atoms with Crippen LogP contribution in [-0.4, -0.2) is 23.3 Å². The maximum absolute atomic E-state index is 12.5. The number of carbonyl (C=O) groups excluding carboxylic acids is 2. The Morgan fingerprint density at radius 3 is 2.71 bits per heavy atom. The molecule has 0 bridgehead atoms. The number of thiazole rings is 1. The highest BCUT2D eigenvalue weighted by Crippen LogP contribution is 2.33. The van der Waals surface area contributed by atoms with Crippen molar-refractivity contribution in [3.8, 4) is 5.75 Å². The topological polar surface area (TPSA) is 97.6 Å². The Morgan fingerprint density at radius 1 is 1.21 bits per heavy atom. The van der Waals surface area contributed by atoms with E-state index in [0.717, 1.165) is 11.3 Å². The zero-order valence-electron chi connectivity index (χ0n) is 14.9. The molecular formula is C20H18N4O3S. The maximum atomic E-state index is 12.5. The van der Waals surface area contributed by atoms with E-state index in [0.29, 0.717) is 23.6 Å². The second-order valence-corrected chi connectivity index (χ2v) is 7.04. The number of nitrogens with one attached hydrogen (secondary N) is 1. The van der Waals surface area contributed by atoms with Crippen molar-refractivity contribution in [3.63, 3.8) is 0 Å². The fourth-order valence-corrected chi connectivity index (χ4v) is 3.70. The van der Waals surface area contributed by atoms with Gasteiger partial charge in [-0.15, -0.1) is 11.3 Å². The second kappa shape index (κ2) is 7.69. The Kier molecular flexibility index (Phi) is 4.94. The van der Waals surface area contributed by atoms with Gasteiger partial charge in [-0.1, -0.05) is 24.3 Å². The van der Waals surface area contributed by atoms with Crippen molar-refractivity contribution < 1.29 is 14.3 Å². The molecule has 2 aromatic carbocycles. The number of carbonyl (C=O) groups is 2. The lowest BCUT2D eigenvalue weighted by atomic mass is 10.0. The average molecular weight is 394 g/mol. The van der Waals surface area contributed by atoms with Crippen molar-refractivity contribution in [2.45, 2.75) is 12.8 Å². The molecule has 3 aromatic rings. The van der Waals surface area contributed by atoms with E-state index >= 15 is 0 Å². The number of ether oxygens (including phenoxy) is 1. The first-order valence-corrected chi connectivity index (χ1v) is 9.61. The van der Waals surface area contributed by atoms with Crippen molar-refractivity contribution in [2.75, 3.05) is 11.4 Å². The van der Waals surface area contributed by atoms with Crippen molar-refractivity contribution in [3.05, 3.63) is 76.2 Å². The summed E-state index contributed by atoms with van der Waals surface area (Å²) in [5, 5.41) is 4.88. The van der Waals surface area contributed by atoms with Gasteiger partial charge in [0, 0.05) is 5.38 Å². The zero-order chi connectivity index (χ0) is 19.5. The first kappa shape index (κ1) is 18.0. The molecule has 1 atom stereocenters. The van der Waals surface area contributed by atoms with Crippen LogP contribution in [0, 0.1) is 0 Å². The van der Waals surface area contributed by atoms with Crippen LogP contribution in [0.4, 0.5) is 5.69 Å². The van der Waals surface area contributed by atoms with E-state index in [-0.39, 0.29) is 12.5 Å². The van der Waals surface area contributed by atoms with Gasteiger partial charge in [-0.05, 0) is 29.8 Å². The third-order valence-electron chi connectivity index (χ3n) is 4.43. The Morgan fingerprint density at radius 2 is 2.00 bits per heavy atom. The summed E-state index contributed by atoms with van der Waals surface area (Å²) >= 11 is 1.52. The standard InChI is InChI=1S/C20H18N4O3S/c21-18(25)9-24-17-4-2-1-3-16(17)20(26)23-19(24)13-5-7-15(8-6-13)27-10-14-11-28-12-22-14/h1-8,11-12,19H,9-10H2,(H2,21,25)(H,23,26). The first-order chi connectivity index (χ1) is 13.6. The van der Waals surface area contributed by atoms with E-state index in [1.54, 1.807) is 22.5 Å². The molecule has 2 heterocycles. The van der Waals surface area contributed by atoms with E-state index in [4.69, 9.17) is 10.5 Å². The third-order valence-corrected chi connectivity index (χ3v) is 5.07. The van der Waals surface area contributed by atoms with Gasteiger partial charge in [-0.3, -0.25) is 9.59 Å². The highest BCUT2D eigenvalue weighted by molar-refractivity contribution is 7.07. The molecule has 0 fully saturated rings. The molecule has 1 aliphatic rings. The molecule has 4 rings (SSSR count). The van der Waals surface area contributed by atoms with E-state index in [1.165, 1.54) is 11.3 Å². The summed E-state index contributed by atoms with van der Waals surface area (Å²) in [5.41, 5.74) is 10.1. The third kappa shape index (κ3) is 3.67. The summed E-state index contributed by atoms with van der Waals surface area (Å²) in [5.74, 6) is 0.0325. The highest BCUT2D eigenvalue weighted by Gasteiger charge is 2.32. The minimum Gasteiger partial charge on any atom is -0.487 e. The smallest absolute Gasteiger partial charge is 0.255 e. The summed E-state index contributed by atoms with van der Waals surface area (Å²) in [6, 6.07) is 14.5. The number of para-hydroxylation sites is 1. The van der Waals surface area contributed by atoms with Crippen LogP contribution in [0.3, 0.4) is 0 Å². The molecule has 2 amide bonds. The minimum absolute atomic E-state index is 0.00988. The fourth-order valence-electron chi connectivity index (χ4n) is 3.16. The summed E-state index contributed by atoms with van der Waals surface area (Å²) in [6.45, 7) is 0.383. The van der Waals surface area contributed by atoms with Gasteiger partial charge in [-0.25, -0.2) is 4.98 Å². The van der Waals surface area contributed by atoms with E-state index in [9.17, 15) is 9.59 Å². The van der Waals surface area contributed by atoms with Gasteiger partial charge >= 0.3 is 0 Å². The number of anilines is 1. The Bertz CT molecular complexity index is 989. The SMILES string of the molecule is NC(=O)CN1c2ccccc2C(=O)NC1c1ccc(OCc2cscn2)cc1. The van der Waals surface area contributed by atoms with E-state index < -0.39 is 12.1 Å². The molecule has 1 unspecified atom stereocenters.